The van der Waals surface area contributed by atoms with E-state index in [1.165, 1.54) is 5.57 Å². The number of hydrogen-bond donors (Lipinski definition) is 2. The number of allylic oxidation sites excluding steroid dienone is 2. The summed E-state index contributed by atoms with van der Waals surface area (Å²) in [5, 5.41) is 0. The number of amides is 1. The van der Waals surface area contributed by atoms with Crippen LogP contribution in [0.15, 0.2) is 35.5 Å². The topological polar surface area (TPSA) is 78.3 Å². The highest BCUT2D eigenvalue weighted by Gasteiger charge is 2.27. The van der Waals surface area contributed by atoms with E-state index in [0.717, 1.165) is 18.4 Å². The molecule has 2 aliphatic rings. The lowest BCUT2D eigenvalue weighted by molar-refractivity contribution is 0.0982. The lowest BCUT2D eigenvalue weighted by atomic mass is 10.0. The summed E-state index contributed by atoms with van der Waals surface area (Å²) in [7, 11) is 0. The number of nitrogens with two attached hydrogens (primary N) is 2. The van der Waals surface area contributed by atoms with Gasteiger partial charge in [0.05, 0.1) is 0 Å². The fraction of sp³-hybridized carbons (Fsp3) is 0.417. The molecule has 4 heteroatoms. The molecule has 0 heterocycles. The number of carbonyl (C=O) groups excluding carboxylic acids is 1. The fourth-order valence-corrected chi connectivity index (χ4v) is 2.12. The minimum atomic E-state index is -0.775. The Hall–Kier alpha value is -1.55. The van der Waals surface area contributed by atoms with Gasteiger partial charge in [-0.15, -0.1) is 0 Å². The molecule has 0 fully saturated rings. The van der Waals surface area contributed by atoms with Crippen molar-refractivity contribution in [2.75, 3.05) is 0 Å². The van der Waals surface area contributed by atoms with Crippen LogP contribution in [0.25, 0.3) is 0 Å². The van der Waals surface area contributed by atoms with Gasteiger partial charge in [-0.1, -0.05) is 12.2 Å². The van der Waals surface area contributed by atoms with Crippen molar-refractivity contribution in [3.63, 3.8) is 0 Å². The van der Waals surface area contributed by atoms with Gasteiger partial charge < -0.3 is 16.2 Å². The zero-order valence-electron chi connectivity index (χ0n) is 9.27. The maximum atomic E-state index is 10.8. The minimum Gasteiger partial charge on any atom is -0.435 e. The van der Waals surface area contributed by atoms with Crippen molar-refractivity contribution in [2.24, 2.45) is 11.5 Å². The summed E-state index contributed by atoms with van der Waals surface area (Å²) < 4.78 is 5.06. The van der Waals surface area contributed by atoms with Crippen LogP contribution >= 0.6 is 0 Å². The van der Waals surface area contributed by atoms with Crippen molar-refractivity contribution in [3.8, 4) is 0 Å². The summed E-state index contributed by atoms with van der Waals surface area (Å²) in [5.41, 5.74) is 12.6. The zero-order valence-corrected chi connectivity index (χ0v) is 9.27. The standard InChI is InChI=1S/C12H16N2O2/c1-12(16-11(14)15)6-4-8-2-3-10(13)9(8)5-7-12/h4-7,10H,2-3,13H2,1H3,(H2,14,15). The minimum absolute atomic E-state index is 0.0897. The first-order chi connectivity index (χ1) is 7.50. The highest BCUT2D eigenvalue weighted by molar-refractivity contribution is 5.66. The van der Waals surface area contributed by atoms with Crippen LogP contribution in [0.3, 0.4) is 0 Å². The Morgan fingerprint density at radius 3 is 2.88 bits per heavy atom. The molecule has 4 nitrogen and oxygen atoms in total. The van der Waals surface area contributed by atoms with E-state index in [4.69, 9.17) is 16.2 Å². The lowest BCUT2D eigenvalue weighted by Crippen LogP contribution is -2.30. The van der Waals surface area contributed by atoms with Gasteiger partial charge in [-0.05, 0) is 43.1 Å². The molecule has 0 saturated heterocycles. The molecule has 4 N–H and O–H groups in total. The molecule has 2 aliphatic carbocycles. The average Bonchev–Trinajstić information content (AvgIpc) is 2.44. The largest absolute Gasteiger partial charge is 0.435 e. The van der Waals surface area contributed by atoms with Gasteiger partial charge in [-0.2, -0.15) is 0 Å². The summed E-state index contributed by atoms with van der Waals surface area (Å²) in [5.74, 6) is 0. The van der Waals surface area contributed by atoms with Crippen LogP contribution in [0.1, 0.15) is 19.8 Å². The van der Waals surface area contributed by atoms with Crippen LogP contribution in [0, 0.1) is 0 Å². The van der Waals surface area contributed by atoms with Crippen LogP contribution < -0.4 is 11.5 Å². The Bertz CT molecular complexity index is 409. The quantitative estimate of drug-likeness (QED) is 0.700. The number of primary amides is 1. The Kier molecular flexibility index (Phi) is 2.59. The molecule has 16 heavy (non-hydrogen) atoms. The first-order valence-corrected chi connectivity index (χ1v) is 5.36. The van der Waals surface area contributed by atoms with Crippen molar-refractivity contribution >= 4 is 6.09 Å². The van der Waals surface area contributed by atoms with E-state index in [-0.39, 0.29) is 6.04 Å². The SMILES string of the molecule is CC1(OC(N)=O)C=CC2=C(C=C1)C(N)CC2. The molecule has 0 radical (unpaired) electrons. The van der Waals surface area contributed by atoms with E-state index in [9.17, 15) is 4.79 Å². The van der Waals surface area contributed by atoms with E-state index >= 15 is 0 Å². The summed E-state index contributed by atoms with van der Waals surface area (Å²) in [4.78, 5) is 10.8. The monoisotopic (exact) mass is 220 g/mol. The van der Waals surface area contributed by atoms with Gasteiger partial charge in [0.1, 0.15) is 5.60 Å². The second-order valence-corrected chi connectivity index (χ2v) is 4.40. The summed E-state index contributed by atoms with van der Waals surface area (Å²) >= 11 is 0. The van der Waals surface area contributed by atoms with E-state index < -0.39 is 11.7 Å². The Balaban J connectivity index is 2.25. The highest BCUT2D eigenvalue weighted by Crippen LogP contribution is 2.31. The van der Waals surface area contributed by atoms with Crippen molar-refractivity contribution in [2.45, 2.75) is 31.4 Å². The highest BCUT2D eigenvalue weighted by atomic mass is 16.6. The van der Waals surface area contributed by atoms with Gasteiger partial charge in [-0.25, -0.2) is 4.79 Å². The third-order valence-corrected chi connectivity index (χ3v) is 3.02. The molecule has 0 aromatic heterocycles. The van der Waals surface area contributed by atoms with E-state index in [1.807, 2.05) is 24.3 Å². The molecule has 0 saturated carbocycles. The normalized spacial score (nSPS) is 32.5. The molecule has 0 aromatic carbocycles. The molecule has 2 rings (SSSR count). The van der Waals surface area contributed by atoms with E-state index in [1.54, 1.807) is 6.92 Å². The van der Waals surface area contributed by atoms with Crippen molar-refractivity contribution in [1.82, 2.24) is 0 Å². The summed E-state index contributed by atoms with van der Waals surface area (Å²) in [6, 6.07) is 0.0897. The van der Waals surface area contributed by atoms with Gasteiger partial charge in [0.2, 0.25) is 0 Å². The van der Waals surface area contributed by atoms with Crippen molar-refractivity contribution in [3.05, 3.63) is 35.5 Å². The third-order valence-electron chi connectivity index (χ3n) is 3.02. The van der Waals surface area contributed by atoms with Crippen LogP contribution in [-0.4, -0.2) is 17.7 Å². The molecule has 2 unspecified atom stereocenters. The number of hydrogen-bond acceptors (Lipinski definition) is 3. The predicted molar refractivity (Wildman–Crippen MR) is 61.6 cm³/mol. The van der Waals surface area contributed by atoms with E-state index in [2.05, 4.69) is 0 Å². The maximum absolute atomic E-state index is 10.8. The zero-order chi connectivity index (χ0) is 11.8. The van der Waals surface area contributed by atoms with Crippen molar-refractivity contribution in [1.29, 1.82) is 0 Å². The van der Waals surface area contributed by atoms with Crippen LogP contribution in [0.2, 0.25) is 0 Å². The molecular formula is C12H16N2O2. The predicted octanol–water partition coefficient (Wildman–Crippen LogP) is 1.38. The van der Waals surface area contributed by atoms with Gasteiger partial charge in [-0.3, -0.25) is 0 Å². The first-order valence-electron chi connectivity index (χ1n) is 5.36. The van der Waals surface area contributed by atoms with Gasteiger partial charge in [0.25, 0.3) is 0 Å². The Morgan fingerprint density at radius 2 is 2.19 bits per heavy atom. The van der Waals surface area contributed by atoms with Crippen LogP contribution in [0.5, 0.6) is 0 Å². The average molecular weight is 220 g/mol. The number of ether oxygens (including phenoxy) is 1. The Morgan fingerprint density at radius 1 is 1.50 bits per heavy atom. The maximum Gasteiger partial charge on any atom is 0.405 e. The van der Waals surface area contributed by atoms with Crippen LogP contribution in [-0.2, 0) is 4.74 Å². The molecule has 1 amide bonds. The second kappa shape index (κ2) is 3.79. The van der Waals surface area contributed by atoms with Gasteiger partial charge in [0.15, 0.2) is 0 Å². The number of rotatable bonds is 1. The van der Waals surface area contributed by atoms with Gasteiger partial charge >= 0.3 is 6.09 Å². The summed E-state index contributed by atoms with van der Waals surface area (Å²) in [6.07, 6.45) is 8.76. The van der Waals surface area contributed by atoms with Gasteiger partial charge in [0, 0.05) is 6.04 Å². The molecule has 0 bridgehead atoms. The smallest absolute Gasteiger partial charge is 0.405 e. The molecule has 86 valence electrons. The van der Waals surface area contributed by atoms with E-state index in [0.29, 0.717) is 0 Å². The van der Waals surface area contributed by atoms with Crippen molar-refractivity contribution < 1.29 is 9.53 Å². The fourth-order valence-electron chi connectivity index (χ4n) is 2.12. The lowest BCUT2D eigenvalue weighted by Gasteiger charge is -2.20. The number of carbonyl (C=O) groups is 1. The molecule has 2 atom stereocenters. The molecule has 0 aliphatic heterocycles. The molecule has 0 spiro atoms. The first kappa shape index (κ1) is 11.0. The molecule has 0 aromatic rings. The second-order valence-electron chi connectivity index (χ2n) is 4.40. The Labute approximate surface area is 94.6 Å². The molecular weight excluding hydrogens is 204 g/mol. The van der Waals surface area contributed by atoms with Crippen LogP contribution in [0.4, 0.5) is 4.79 Å². The third kappa shape index (κ3) is 2.02. The summed E-state index contributed by atoms with van der Waals surface area (Å²) in [6.45, 7) is 1.79.